The van der Waals surface area contributed by atoms with Crippen LogP contribution in [0.15, 0.2) is 10.9 Å². The van der Waals surface area contributed by atoms with E-state index in [9.17, 15) is 0 Å². The lowest BCUT2D eigenvalue weighted by atomic mass is 9.97. The number of hydrogen-bond donors (Lipinski definition) is 1. The number of nitrogens with two attached hydrogens (primary N) is 1. The van der Waals surface area contributed by atoms with Gasteiger partial charge in [-0.2, -0.15) is 4.98 Å². The van der Waals surface area contributed by atoms with Crippen LogP contribution in [0.4, 0.5) is 0 Å². The molecule has 1 aliphatic rings. The molecular weight excluding hydrogens is 194 g/mol. The number of nitrogens with zero attached hydrogens (tertiary/aromatic N) is 2. The molecule has 1 heterocycles. The van der Waals surface area contributed by atoms with E-state index in [0.717, 1.165) is 13.2 Å². The van der Waals surface area contributed by atoms with Gasteiger partial charge in [0.25, 0.3) is 0 Å². The largest absolute Gasteiger partial charge is 0.373 e. The van der Waals surface area contributed by atoms with Crippen molar-refractivity contribution in [2.45, 2.75) is 25.9 Å². The van der Waals surface area contributed by atoms with Crippen LogP contribution in [0.2, 0.25) is 0 Å². The lowest BCUT2D eigenvalue weighted by molar-refractivity contribution is 0.0701. The van der Waals surface area contributed by atoms with Gasteiger partial charge in [-0.25, -0.2) is 0 Å². The van der Waals surface area contributed by atoms with Crippen molar-refractivity contribution in [2.24, 2.45) is 17.6 Å². The van der Waals surface area contributed by atoms with Crippen LogP contribution in [0.25, 0.3) is 0 Å². The average molecular weight is 211 g/mol. The molecule has 0 saturated heterocycles. The zero-order valence-electron chi connectivity index (χ0n) is 8.76. The van der Waals surface area contributed by atoms with E-state index in [0.29, 0.717) is 24.3 Å². The molecule has 1 aromatic rings. The molecule has 0 spiro atoms. The third kappa shape index (κ3) is 2.76. The summed E-state index contributed by atoms with van der Waals surface area (Å²) in [6, 6.07) is 0. The summed E-state index contributed by atoms with van der Waals surface area (Å²) in [6.45, 7) is 1.97. The fourth-order valence-electron chi connectivity index (χ4n) is 2.20. The Kier molecular flexibility index (Phi) is 3.69. The van der Waals surface area contributed by atoms with E-state index in [1.54, 1.807) is 0 Å². The third-order valence-corrected chi connectivity index (χ3v) is 3.09. The maximum absolute atomic E-state index is 5.70. The predicted molar refractivity (Wildman–Crippen MR) is 53.8 cm³/mol. The molecule has 15 heavy (non-hydrogen) atoms. The quantitative estimate of drug-likeness (QED) is 0.785. The maximum Gasteiger partial charge on any atom is 0.213 e. The average Bonchev–Trinajstić information content (AvgIpc) is 2.88. The zero-order chi connectivity index (χ0) is 10.5. The Morgan fingerprint density at radius 1 is 1.47 bits per heavy atom. The van der Waals surface area contributed by atoms with Gasteiger partial charge in [0.05, 0.1) is 6.61 Å². The van der Waals surface area contributed by atoms with E-state index in [1.807, 2.05) is 0 Å². The van der Waals surface area contributed by atoms with E-state index >= 15 is 0 Å². The van der Waals surface area contributed by atoms with Gasteiger partial charge in [-0.1, -0.05) is 11.6 Å². The van der Waals surface area contributed by atoms with Crippen molar-refractivity contribution in [1.82, 2.24) is 10.1 Å². The van der Waals surface area contributed by atoms with Gasteiger partial charge in [0.1, 0.15) is 6.61 Å². The second-order valence-corrected chi connectivity index (χ2v) is 4.05. The summed E-state index contributed by atoms with van der Waals surface area (Å²) < 4.78 is 10.2. The van der Waals surface area contributed by atoms with Gasteiger partial charge in [-0.3, -0.25) is 0 Å². The van der Waals surface area contributed by atoms with Crippen LogP contribution in [0.5, 0.6) is 0 Å². The van der Waals surface area contributed by atoms with E-state index in [1.165, 1.54) is 25.7 Å². The second kappa shape index (κ2) is 5.23. The van der Waals surface area contributed by atoms with Gasteiger partial charge in [-0.15, -0.1) is 0 Å². The molecule has 2 rings (SSSR count). The molecule has 5 nitrogen and oxygen atoms in total. The molecule has 1 aliphatic carbocycles. The molecule has 0 radical (unpaired) electrons. The number of ether oxygens (including phenoxy) is 1. The minimum atomic E-state index is 0.435. The van der Waals surface area contributed by atoms with Crippen molar-refractivity contribution < 1.29 is 9.26 Å². The van der Waals surface area contributed by atoms with Crippen molar-refractivity contribution in [3.63, 3.8) is 0 Å². The van der Waals surface area contributed by atoms with Gasteiger partial charge < -0.3 is 15.0 Å². The Bertz CT molecular complexity index is 276. The highest BCUT2D eigenvalue weighted by Crippen LogP contribution is 2.30. The molecule has 2 N–H and O–H groups in total. The summed E-state index contributed by atoms with van der Waals surface area (Å²) in [7, 11) is 0. The Morgan fingerprint density at radius 3 is 3.07 bits per heavy atom. The standard InChI is InChI=1S/C10H17N3O2/c11-4-8-2-1-3-9(8)5-14-6-10-12-7-15-13-10/h7-9H,1-6,11H2. The molecule has 1 saturated carbocycles. The van der Waals surface area contributed by atoms with E-state index in [2.05, 4.69) is 14.7 Å². The second-order valence-electron chi connectivity index (χ2n) is 4.05. The Labute approximate surface area is 89.0 Å². The van der Waals surface area contributed by atoms with Crippen LogP contribution in [0.3, 0.4) is 0 Å². The Balaban J connectivity index is 1.69. The van der Waals surface area contributed by atoms with Crippen LogP contribution in [0, 0.1) is 11.8 Å². The fourth-order valence-corrected chi connectivity index (χ4v) is 2.20. The monoisotopic (exact) mass is 211 g/mol. The highest BCUT2D eigenvalue weighted by atomic mass is 16.5. The first kappa shape index (κ1) is 10.6. The normalized spacial score (nSPS) is 25.9. The molecular formula is C10H17N3O2. The lowest BCUT2D eigenvalue weighted by Crippen LogP contribution is -2.22. The van der Waals surface area contributed by atoms with Crippen molar-refractivity contribution >= 4 is 0 Å². The summed E-state index contributed by atoms with van der Waals surface area (Å²) in [6.07, 6.45) is 5.07. The van der Waals surface area contributed by atoms with E-state index in [-0.39, 0.29) is 0 Å². The molecule has 5 heteroatoms. The van der Waals surface area contributed by atoms with Crippen LogP contribution in [-0.4, -0.2) is 23.3 Å². The van der Waals surface area contributed by atoms with Crippen LogP contribution in [-0.2, 0) is 11.3 Å². The highest BCUT2D eigenvalue weighted by molar-refractivity contribution is 4.78. The van der Waals surface area contributed by atoms with Gasteiger partial charge in [-0.05, 0) is 31.2 Å². The molecule has 2 atom stereocenters. The van der Waals surface area contributed by atoms with Gasteiger partial charge in [0, 0.05) is 0 Å². The molecule has 1 fully saturated rings. The van der Waals surface area contributed by atoms with Gasteiger partial charge in [0.15, 0.2) is 5.82 Å². The van der Waals surface area contributed by atoms with Crippen molar-refractivity contribution in [2.75, 3.05) is 13.2 Å². The summed E-state index contributed by atoms with van der Waals surface area (Å²) in [5.41, 5.74) is 5.70. The number of rotatable bonds is 5. The molecule has 84 valence electrons. The highest BCUT2D eigenvalue weighted by Gasteiger charge is 2.25. The maximum atomic E-state index is 5.70. The lowest BCUT2D eigenvalue weighted by Gasteiger charge is -2.16. The number of hydrogen-bond acceptors (Lipinski definition) is 5. The summed E-state index contributed by atoms with van der Waals surface area (Å²) >= 11 is 0. The SMILES string of the molecule is NCC1CCCC1COCc1ncon1. The smallest absolute Gasteiger partial charge is 0.213 e. The zero-order valence-corrected chi connectivity index (χ0v) is 8.76. The third-order valence-electron chi connectivity index (χ3n) is 3.09. The topological polar surface area (TPSA) is 74.2 Å². The first-order valence-electron chi connectivity index (χ1n) is 5.43. The molecule has 0 aliphatic heterocycles. The first-order chi connectivity index (χ1) is 7.40. The minimum absolute atomic E-state index is 0.435. The fraction of sp³-hybridized carbons (Fsp3) is 0.800. The summed E-state index contributed by atoms with van der Waals surface area (Å²) in [5, 5.41) is 3.68. The van der Waals surface area contributed by atoms with Crippen LogP contribution < -0.4 is 5.73 Å². The van der Waals surface area contributed by atoms with E-state index in [4.69, 9.17) is 10.5 Å². The van der Waals surface area contributed by atoms with Crippen LogP contribution >= 0.6 is 0 Å². The molecule has 2 unspecified atom stereocenters. The molecule has 0 amide bonds. The molecule has 0 aromatic carbocycles. The molecule has 0 bridgehead atoms. The van der Waals surface area contributed by atoms with Crippen molar-refractivity contribution in [1.29, 1.82) is 0 Å². The first-order valence-corrected chi connectivity index (χ1v) is 5.43. The summed E-state index contributed by atoms with van der Waals surface area (Å²) in [4.78, 5) is 3.89. The summed E-state index contributed by atoms with van der Waals surface area (Å²) in [5.74, 6) is 1.86. The molecule has 1 aromatic heterocycles. The number of aromatic nitrogens is 2. The van der Waals surface area contributed by atoms with Crippen LogP contribution in [0.1, 0.15) is 25.1 Å². The van der Waals surface area contributed by atoms with Gasteiger partial charge >= 0.3 is 0 Å². The Morgan fingerprint density at radius 2 is 2.33 bits per heavy atom. The Hall–Kier alpha value is -0.940. The predicted octanol–water partition coefficient (Wildman–Crippen LogP) is 0.961. The van der Waals surface area contributed by atoms with E-state index < -0.39 is 0 Å². The van der Waals surface area contributed by atoms with Crippen molar-refractivity contribution in [3.05, 3.63) is 12.2 Å². The van der Waals surface area contributed by atoms with Gasteiger partial charge in [0.2, 0.25) is 6.39 Å². The van der Waals surface area contributed by atoms with Crippen molar-refractivity contribution in [3.8, 4) is 0 Å². The minimum Gasteiger partial charge on any atom is -0.373 e.